The van der Waals surface area contributed by atoms with E-state index < -0.39 is 0 Å². The molecule has 25 heavy (non-hydrogen) atoms. The first-order chi connectivity index (χ1) is 12.2. The average Bonchev–Trinajstić information content (AvgIpc) is 3.12. The van der Waals surface area contributed by atoms with Crippen molar-refractivity contribution in [2.45, 2.75) is 6.92 Å². The van der Waals surface area contributed by atoms with Crippen molar-refractivity contribution in [3.05, 3.63) is 71.9 Å². The molecule has 3 heterocycles. The number of pyridine rings is 2. The SMILES string of the molecule is Cc1cccnc1-c1csc(-c2c(-c3ccccc3)ccnc2N)n1. The molecule has 0 bridgehead atoms. The number of aromatic nitrogens is 3. The van der Waals surface area contributed by atoms with Crippen LogP contribution in [0.15, 0.2) is 66.3 Å². The molecule has 0 aliphatic heterocycles. The summed E-state index contributed by atoms with van der Waals surface area (Å²) in [6.07, 6.45) is 3.52. The van der Waals surface area contributed by atoms with Gasteiger partial charge in [0.05, 0.1) is 11.3 Å². The number of hydrogen-bond donors (Lipinski definition) is 1. The van der Waals surface area contributed by atoms with E-state index in [1.54, 1.807) is 23.7 Å². The summed E-state index contributed by atoms with van der Waals surface area (Å²) in [5.41, 5.74) is 12.1. The molecule has 4 rings (SSSR count). The maximum atomic E-state index is 6.21. The highest BCUT2D eigenvalue weighted by Gasteiger charge is 2.16. The zero-order valence-corrected chi connectivity index (χ0v) is 14.5. The molecule has 0 saturated carbocycles. The summed E-state index contributed by atoms with van der Waals surface area (Å²) < 4.78 is 0. The van der Waals surface area contributed by atoms with Gasteiger partial charge in [-0.3, -0.25) is 4.98 Å². The first-order valence-electron chi connectivity index (χ1n) is 7.92. The second-order valence-electron chi connectivity index (χ2n) is 5.69. The van der Waals surface area contributed by atoms with Crippen molar-refractivity contribution in [3.8, 4) is 33.1 Å². The minimum atomic E-state index is 0.486. The molecule has 0 radical (unpaired) electrons. The number of nitrogen functional groups attached to an aromatic ring is 1. The predicted molar refractivity (Wildman–Crippen MR) is 103 cm³/mol. The lowest BCUT2D eigenvalue weighted by Crippen LogP contribution is -1.96. The fraction of sp³-hybridized carbons (Fsp3) is 0.0500. The molecule has 0 aliphatic carbocycles. The van der Waals surface area contributed by atoms with Crippen LogP contribution in [0.25, 0.3) is 33.1 Å². The van der Waals surface area contributed by atoms with Gasteiger partial charge >= 0.3 is 0 Å². The molecule has 1 aromatic carbocycles. The number of benzene rings is 1. The maximum absolute atomic E-state index is 6.21. The topological polar surface area (TPSA) is 64.7 Å². The number of hydrogen-bond acceptors (Lipinski definition) is 5. The molecule has 0 fully saturated rings. The van der Waals surface area contributed by atoms with Crippen LogP contribution < -0.4 is 5.73 Å². The van der Waals surface area contributed by atoms with E-state index in [0.29, 0.717) is 5.82 Å². The van der Waals surface area contributed by atoms with Gasteiger partial charge in [0.15, 0.2) is 0 Å². The minimum absolute atomic E-state index is 0.486. The fourth-order valence-corrected chi connectivity index (χ4v) is 3.68. The van der Waals surface area contributed by atoms with E-state index in [-0.39, 0.29) is 0 Å². The van der Waals surface area contributed by atoms with Crippen molar-refractivity contribution in [2.24, 2.45) is 0 Å². The van der Waals surface area contributed by atoms with Crippen LogP contribution in [0.4, 0.5) is 5.82 Å². The van der Waals surface area contributed by atoms with E-state index in [0.717, 1.165) is 38.6 Å². The summed E-state index contributed by atoms with van der Waals surface area (Å²) in [5, 5.41) is 2.87. The molecule has 0 spiro atoms. The highest BCUT2D eigenvalue weighted by molar-refractivity contribution is 7.13. The molecular weight excluding hydrogens is 328 g/mol. The Balaban J connectivity index is 1.86. The summed E-state index contributed by atoms with van der Waals surface area (Å²) >= 11 is 1.56. The van der Waals surface area contributed by atoms with Crippen molar-refractivity contribution >= 4 is 17.2 Å². The lowest BCUT2D eigenvalue weighted by molar-refractivity contribution is 1.23. The highest BCUT2D eigenvalue weighted by Crippen LogP contribution is 2.38. The van der Waals surface area contributed by atoms with Crippen LogP contribution >= 0.6 is 11.3 Å². The summed E-state index contributed by atoms with van der Waals surface area (Å²) in [6, 6.07) is 16.1. The van der Waals surface area contributed by atoms with Gasteiger partial charge in [-0.05, 0) is 35.7 Å². The Kier molecular flexibility index (Phi) is 3.99. The molecule has 0 atom stereocenters. The summed E-state index contributed by atoms with van der Waals surface area (Å²) in [5.74, 6) is 0.486. The Labute approximate surface area is 150 Å². The molecule has 3 aromatic heterocycles. The number of nitrogens with two attached hydrogens (primary N) is 1. The normalized spacial score (nSPS) is 10.8. The van der Waals surface area contributed by atoms with Crippen LogP contribution in [0.1, 0.15) is 5.56 Å². The molecule has 0 saturated heterocycles. The van der Waals surface area contributed by atoms with Crippen molar-refractivity contribution < 1.29 is 0 Å². The molecule has 4 aromatic rings. The Hall–Kier alpha value is -3.05. The molecule has 0 aliphatic rings. The lowest BCUT2D eigenvalue weighted by atomic mass is 10.0. The van der Waals surface area contributed by atoms with Gasteiger partial charge in [0.2, 0.25) is 0 Å². The van der Waals surface area contributed by atoms with Crippen LogP contribution in [-0.4, -0.2) is 15.0 Å². The largest absolute Gasteiger partial charge is 0.383 e. The van der Waals surface area contributed by atoms with Gasteiger partial charge in [0, 0.05) is 17.8 Å². The van der Waals surface area contributed by atoms with Gasteiger partial charge < -0.3 is 5.73 Å². The Morgan fingerprint density at radius 1 is 0.920 bits per heavy atom. The average molecular weight is 344 g/mol. The zero-order valence-electron chi connectivity index (χ0n) is 13.7. The van der Waals surface area contributed by atoms with Crippen LogP contribution in [0.5, 0.6) is 0 Å². The second kappa shape index (κ2) is 6.45. The van der Waals surface area contributed by atoms with Crippen molar-refractivity contribution in [1.29, 1.82) is 0 Å². The monoisotopic (exact) mass is 344 g/mol. The minimum Gasteiger partial charge on any atom is -0.383 e. The second-order valence-corrected chi connectivity index (χ2v) is 6.55. The van der Waals surface area contributed by atoms with E-state index in [1.807, 2.05) is 48.7 Å². The number of anilines is 1. The van der Waals surface area contributed by atoms with E-state index in [9.17, 15) is 0 Å². The van der Waals surface area contributed by atoms with Gasteiger partial charge in [-0.25, -0.2) is 9.97 Å². The summed E-state index contributed by atoms with van der Waals surface area (Å²) in [7, 11) is 0. The number of thiazole rings is 1. The van der Waals surface area contributed by atoms with Gasteiger partial charge in [-0.2, -0.15) is 0 Å². The van der Waals surface area contributed by atoms with E-state index >= 15 is 0 Å². The number of nitrogens with zero attached hydrogens (tertiary/aromatic N) is 3. The van der Waals surface area contributed by atoms with Gasteiger partial charge in [-0.15, -0.1) is 11.3 Å². The van der Waals surface area contributed by atoms with E-state index in [1.165, 1.54) is 0 Å². The summed E-state index contributed by atoms with van der Waals surface area (Å²) in [4.78, 5) is 13.5. The molecule has 122 valence electrons. The lowest BCUT2D eigenvalue weighted by Gasteiger charge is -2.09. The van der Waals surface area contributed by atoms with Crippen LogP contribution in [-0.2, 0) is 0 Å². The van der Waals surface area contributed by atoms with Crippen LogP contribution in [0.3, 0.4) is 0 Å². The Morgan fingerprint density at radius 3 is 2.56 bits per heavy atom. The molecule has 0 unspecified atom stereocenters. The van der Waals surface area contributed by atoms with Crippen molar-refractivity contribution in [1.82, 2.24) is 15.0 Å². The third-order valence-electron chi connectivity index (χ3n) is 4.04. The quantitative estimate of drug-likeness (QED) is 0.578. The fourth-order valence-electron chi connectivity index (χ4n) is 2.81. The molecule has 5 heteroatoms. The van der Waals surface area contributed by atoms with Crippen LogP contribution in [0.2, 0.25) is 0 Å². The molecule has 4 nitrogen and oxygen atoms in total. The predicted octanol–water partition coefficient (Wildman–Crippen LogP) is 4.82. The van der Waals surface area contributed by atoms with Gasteiger partial charge in [0.1, 0.15) is 16.5 Å². The van der Waals surface area contributed by atoms with Crippen molar-refractivity contribution in [3.63, 3.8) is 0 Å². The van der Waals surface area contributed by atoms with E-state index in [2.05, 4.69) is 22.1 Å². The van der Waals surface area contributed by atoms with E-state index in [4.69, 9.17) is 10.7 Å². The maximum Gasteiger partial charge on any atom is 0.134 e. The van der Waals surface area contributed by atoms with Gasteiger partial charge in [-0.1, -0.05) is 36.4 Å². The smallest absolute Gasteiger partial charge is 0.134 e. The Bertz CT molecular complexity index is 1020. The number of aryl methyl sites for hydroxylation is 1. The third kappa shape index (κ3) is 2.90. The summed E-state index contributed by atoms with van der Waals surface area (Å²) in [6.45, 7) is 2.04. The number of rotatable bonds is 3. The molecule has 0 amide bonds. The molecular formula is C20H16N4S. The first-order valence-corrected chi connectivity index (χ1v) is 8.80. The zero-order chi connectivity index (χ0) is 17.2. The Morgan fingerprint density at radius 2 is 1.76 bits per heavy atom. The first kappa shape index (κ1) is 15.5. The van der Waals surface area contributed by atoms with Crippen molar-refractivity contribution in [2.75, 3.05) is 5.73 Å². The highest BCUT2D eigenvalue weighted by atomic mass is 32.1. The van der Waals surface area contributed by atoms with Crippen LogP contribution in [0, 0.1) is 6.92 Å². The third-order valence-corrected chi connectivity index (χ3v) is 4.89. The molecule has 2 N–H and O–H groups in total. The van der Waals surface area contributed by atoms with Gasteiger partial charge in [0.25, 0.3) is 0 Å². The standard InChI is InChI=1S/C20H16N4S/c1-13-6-5-10-22-18(13)16-12-25-20(24-16)17-15(9-11-23-19(17)21)14-7-3-2-4-8-14/h2-12H,1H3,(H2,21,23).